The van der Waals surface area contributed by atoms with E-state index in [1.807, 2.05) is 31.2 Å². The molecule has 224 valence electrons. The molecular formula is C33H30FN5O5. The van der Waals surface area contributed by atoms with E-state index in [-0.39, 0.29) is 53.4 Å². The van der Waals surface area contributed by atoms with E-state index in [9.17, 15) is 14.4 Å². The summed E-state index contributed by atoms with van der Waals surface area (Å²) in [5, 5.41) is 4.25. The normalized spacial score (nSPS) is 11.6. The van der Waals surface area contributed by atoms with Crippen LogP contribution in [0.1, 0.15) is 29.4 Å². The molecule has 4 aromatic heterocycles. The third-order valence-corrected chi connectivity index (χ3v) is 7.29. The lowest BCUT2D eigenvalue weighted by Crippen LogP contribution is -2.27. The molecule has 0 spiro atoms. The fraction of sp³-hybridized carbons (Fsp3) is 0.212. The quantitative estimate of drug-likeness (QED) is 0.210. The monoisotopic (exact) mass is 595 g/mol. The summed E-state index contributed by atoms with van der Waals surface area (Å²) in [4.78, 5) is 48.7. The Kier molecular flexibility index (Phi) is 7.71. The van der Waals surface area contributed by atoms with Crippen LogP contribution < -0.4 is 10.9 Å². The van der Waals surface area contributed by atoms with Gasteiger partial charge in [-0.1, -0.05) is 25.1 Å². The minimum absolute atomic E-state index is 0.0586. The number of rotatable bonds is 9. The molecule has 0 atom stereocenters. The lowest BCUT2D eigenvalue weighted by atomic mass is 10.0. The first-order valence-electron chi connectivity index (χ1n) is 14.2. The summed E-state index contributed by atoms with van der Waals surface area (Å²) >= 11 is 0. The van der Waals surface area contributed by atoms with Crippen LogP contribution in [0.4, 0.5) is 10.2 Å². The smallest absolute Gasteiger partial charge is 0.355 e. The number of fused-ring (bicyclic) bond motifs is 4. The number of hydrogen-bond donors (Lipinski definition) is 2. The molecule has 6 rings (SSSR count). The number of ether oxygens (including phenoxy) is 1. The fourth-order valence-corrected chi connectivity index (χ4v) is 5.51. The van der Waals surface area contributed by atoms with Crippen LogP contribution in [0.25, 0.3) is 43.9 Å². The zero-order chi connectivity index (χ0) is 31.0. The molecule has 0 radical (unpaired) electrons. The fourth-order valence-electron chi connectivity index (χ4n) is 5.51. The molecule has 0 fully saturated rings. The van der Waals surface area contributed by atoms with Gasteiger partial charge < -0.3 is 28.9 Å². The Bertz CT molecular complexity index is 2110. The number of para-hydroxylation sites is 1. The highest BCUT2D eigenvalue weighted by molar-refractivity contribution is 6.17. The van der Waals surface area contributed by atoms with Gasteiger partial charge in [-0.2, -0.15) is 0 Å². The number of anilines is 1. The molecule has 6 aromatic rings. The zero-order valence-corrected chi connectivity index (χ0v) is 24.4. The van der Waals surface area contributed by atoms with E-state index in [0.29, 0.717) is 34.2 Å². The number of carbonyl (C=O) groups is 2. The van der Waals surface area contributed by atoms with Crippen molar-refractivity contribution in [1.29, 1.82) is 0 Å². The molecule has 11 heteroatoms. The topological polar surface area (TPSA) is 122 Å². The van der Waals surface area contributed by atoms with Crippen LogP contribution in [0.5, 0.6) is 0 Å². The maximum atomic E-state index is 15.5. The highest BCUT2D eigenvalue weighted by Crippen LogP contribution is 2.41. The first-order valence-corrected chi connectivity index (χ1v) is 14.2. The van der Waals surface area contributed by atoms with E-state index in [4.69, 9.17) is 9.15 Å². The second kappa shape index (κ2) is 11.8. The van der Waals surface area contributed by atoms with Crippen LogP contribution in [0, 0.1) is 5.82 Å². The van der Waals surface area contributed by atoms with Crippen molar-refractivity contribution in [3.63, 3.8) is 0 Å². The van der Waals surface area contributed by atoms with Crippen molar-refractivity contribution in [2.75, 3.05) is 32.6 Å². The van der Waals surface area contributed by atoms with Crippen LogP contribution in [0.2, 0.25) is 0 Å². The van der Waals surface area contributed by atoms with E-state index in [1.54, 1.807) is 41.8 Å². The number of likely N-dealkylation sites (N-methyl/N-ethyl adjacent to an activating group) is 1. The van der Waals surface area contributed by atoms with Crippen LogP contribution in [0.15, 0.2) is 76.3 Å². The summed E-state index contributed by atoms with van der Waals surface area (Å²) in [6, 6.07) is 15.3. The number of pyridine rings is 2. The number of esters is 1. The average molecular weight is 596 g/mol. The first kappa shape index (κ1) is 28.8. The van der Waals surface area contributed by atoms with E-state index in [2.05, 4.69) is 15.3 Å². The number of nitrogens with one attached hydrogen (secondary N) is 2. The van der Waals surface area contributed by atoms with E-state index in [0.717, 1.165) is 5.39 Å². The van der Waals surface area contributed by atoms with Crippen molar-refractivity contribution < 1.29 is 23.1 Å². The van der Waals surface area contributed by atoms with Gasteiger partial charge in [0.2, 0.25) is 5.91 Å². The Balaban J connectivity index is 1.65. The Morgan fingerprint density at radius 3 is 2.70 bits per heavy atom. The highest BCUT2D eigenvalue weighted by atomic mass is 19.1. The number of halogens is 1. The number of benzene rings is 2. The first-order chi connectivity index (χ1) is 21.3. The maximum absolute atomic E-state index is 15.5. The van der Waals surface area contributed by atoms with Gasteiger partial charge in [-0.05, 0) is 62.5 Å². The second-order valence-corrected chi connectivity index (χ2v) is 10.7. The van der Waals surface area contributed by atoms with Crippen molar-refractivity contribution in [1.82, 2.24) is 19.4 Å². The molecule has 0 saturated carbocycles. The molecule has 44 heavy (non-hydrogen) atoms. The standard InChI is InChI=1S/C33H30FN5O5/c1-4-13-44-33(42)30-28(22-9-7-12-35-32(22)41)29-25(16-23(34)21-11-14-43-31(21)29)39(30)17-19-15-26(37-27(40)18-38(2)3)36-24-10-6-5-8-20(19)24/h5-12,14-16H,4,13,17-18H2,1-3H3,(H,35,41)(H,36,37,40). The molecule has 0 saturated heterocycles. The van der Waals surface area contributed by atoms with Gasteiger partial charge in [0.1, 0.15) is 22.9 Å². The molecule has 4 heterocycles. The maximum Gasteiger partial charge on any atom is 0.355 e. The van der Waals surface area contributed by atoms with Gasteiger partial charge in [-0.3, -0.25) is 9.59 Å². The Morgan fingerprint density at radius 2 is 1.93 bits per heavy atom. The van der Waals surface area contributed by atoms with Gasteiger partial charge in [0.15, 0.2) is 0 Å². The van der Waals surface area contributed by atoms with Crippen LogP contribution >= 0.6 is 0 Å². The van der Waals surface area contributed by atoms with Crippen molar-refractivity contribution in [3.8, 4) is 11.1 Å². The summed E-state index contributed by atoms with van der Waals surface area (Å²) in [7, 11) is 3.58. The van der Waals surface area contributed by atoms with Crippen molar-refractivity contribution >= 4 is 50.5 Å². The zero-order valence-electron chi connectivity index (χ0n) is 24.4. The largest absolute Gasteiger partial charge is 0.463 e. The number of amides is 1. The molecular weight excluding hydrogens is 565 g/mol. The lowest BCUT2D eigenvalue weighted by molar-refractivity contribution is -0.116. The minimum atomic E-state index is -0.667. The summed E-state index contributed by atoms with van der Waals surface area (Å²) in [5.41, 5.74) is 2.00. The molecule has 0 bridgehead atoms. The predicted molar refractivity (Wildman–Crippen MR) is 166 cm³/mol. The number of nitrogens with zero attached hydrogens (tertiary/aromatic N) is 3. The van der Waals surface area contributed by atoms with Crippen LogP contribution in [-0.4, -0.2) is 58.6 Å². The number of aromatic nitrogens is 3. The second-order valence-electron chi connectivity index (χ2n) is 10.7. The number of aromatic amines is 1. The molecule has 2 aromatic carbocycles. The third kappa shape index (κ3) is 5.22. The third-order valence-electron chi connectivity index (χ3n) is 7.29. The van der Waals surface area contributed by atoms with Crippen molar-refractivity contribution in [3.05, 3.63) is 94.5 Å². The Labute approximate surface area is 251 Å². The molecule has 2 N–H and O–H groups in total. The van der Waals surface area contributed by atoms with Gasteiger partial charge in [-0.25, -0.2) is 14.2 Å². The summed E-state index contributed by atoms with van der Waals surface area (Å²) < 4.78 is 28.6. The van der Waals surface area contributed by atoms with E-state index >= 15 is 4.39 Å². The van der Waals surface area contributed by atoms with Gasteiger partial charge in [-0.15, -0.1) is 0 Å². The summed E-state index contributed by atoms with van der Waals surface area (Å²) in [6.45, 7) is 2.24. The van der Waals surface area contributed by atoms with E-state index < -0.39 is 17.3 Å². The Hall–Kier alpha value is -5.29. The molecule has 10 nitrogen and oxygen atoms in total. The number of furan rings is 1. The average Bonchev–Trinajstić information content (AvgIpc) is 3.60. The molecule has 0 unspecified atom stereocenters. The molecule has 0 aliphatic heterocycles. The number of hydrogen-bond acceptors (Lipinski definition) is 7. The SMILES string of the molecule is CCCOC(=O)c1c(-c2ccc[nH]c2=O)c2c3occc3c(F)cc2n1Cc1cc(NC(=O)CN(C)C)nc2ccccc12. The van der Waals surface area contributed by atoms with Crippen molar-refractivity contribution in [2.45, 2.75) is 19.9 Å². The van der Waals surface area contributed by atoms with Gasteiger partial charge >= 0.3 is 5.97 Å². The van der Waals surface area contributed by atoms with Gasteiger partial charge in [0.25, 0.3) is 5.56 Å². The predicted octanol–water partition coefficient (Wildman–Crippen LogP) is 5.55. The molecule has 1 amide bonds. The van der Waals surface area contributed by atoms with Gasteiger partial charge in [0, 0.05) is 23.7 Å². The van der Waals surface area contributed by atoms with Crippen molar-refractivity contribution in [2.24, 2.45) is 0 Å². The van der Waals surface area contributed by atoms with Gasteiger partial charge in [0.05, 0.1) is 46.8 Å². The van der Waals surface area contributed by atoms with Crippen LogP contribution in [0.3, 0.4) is 0 Å². The summed E-state index contributed by atoms with van der Waals surface area (Å²) in [5.74, 6) is -1.12. The lowest BCUT2D eigenvalue weighted by Gasteiger charge is -2.15. The summed E-state index contributed by atoms with van der Waals surface area (Å²) in [6.07, 6.45) is 3.45. The number of carbonyl (C=O) groups excluding carboxylic acids is 2. The number of H-pyrrole nitrogens is 1. The molecule has 0 aliphatic carbocycles. The molecule has 0 aliphatic rings. The highest BCUT2D eigenvalue weighted by Gasteiger charge is 2.30. The Morgan fingerprint density at radius 1 is 1.11 bits per heavy atom. The van der Waals surface area contributed by atoms with E-state index in [1.165, 1.54) is 24.6 Å². The minimum Gasteiger partial charge on any atom is -0.463 e. The van der Waals surface area contributed by atoms with Crippen LogP contribution in [-0.2, 0) is 16.1 Å².